The fraction of sp³-hybridized carbons (Fsp3) is 0.217. The number of carbonyl (C=O) groups is 1. The van der Waals surface area contributed by atoms with Gasteiger partial charge < -0.3 is 4.74 Å². The molecule has 0 unspecified atom stereocenters. The second kappa shape index (κ2) is 7.59. The Labute approximate surface area is 174 Å². The average molecular weight is 401 g/mol. The quantitative estimate of drug-likeness (QED) is 0.514. The van der Waals surface area contributed by atoms with Crippen molar-refractivity contribution < 1.29 is 9.53 Å². The molecule has 2 aromatic carbocycles. The number of carbonyl (C=O) groups excluding carboxylic acids is 1. The van der Waals surface area contributed by atoms with E-state index >= 15 is 0 Å². The van der Waals surface area contributed by atoms with Crippen molar-refractivity contribution in [3.63, 3.8) is 0 Å². The molecular formula is C23H23N5O2. The van der Waals surface area contributed by atoms with E-state index in [0.717, 1.165) is 17.1 Å². The van der Waals surface area contributed by atoms with Crippen molar-refractivity contribution in [2.45, 2.75) is 33.3 Å². The maximum absolute atomic E-state index is 12.2. The minimum atomic E-state index is -0.572. The lowest BCUT2D eigenvalue weighted by Crippen LogP contribution is -2.27. The van der Waals surface area contributed by atoms with Crippen molar-refractivity contribution in [3.8, 4) is 17.1 Å². The summed E-state index contributed by atoms with van der Waals surface area (Å²) in [6.07, 6.45) is 1.22. The molecule has 0 aliphatic heterocycles. The van der Waals surface area contributed by atoms with Crippen LogP contribution in [0.15, 0.2) is 60.8 Å². The molecule has 1 amide bonds. The first-order valence-electron chi connectivity index (χ1n) is 9.68. The predicted molar refractivity (Wildman–Crippen MR) is 117 cm³/mol. The summed E-state index contributed by atoms with van der Waals surface area (Å²) in [5.41, 5.74) is 3.23. The van der Waals surface area contributed by atoms with Crippen molar-refractivity contribution >= 4 is 22.9 Å². The number of nitrogens with one attached hydrogen (secondary N) is 1. The first kappa shape index (κ1) is 19.6. The van der Waals surface area contributed by atoms with Crippen LogP contribution in [0.1, 0.15) is 26.6 Å². The summed E-state index contributed by atoms with van der Waals surface area (Å²) < 4.78 is 7.33. The molecule has 2 heterocycles. The van der Waals surface area contributed by atoms with Gasteiger partial charge in [-0.1, -0.05) is 36.4 Å². The number of hydrogen-bond donors (Lipinski definition) is 1. The number of imidazole rings is 1. The second-order valence-electron chi connectivity index (χ2n) is 7.94. The number of amides is 1. The van der Waals surface area contributed by atoms with Crippen LogP contribution >= 0.6 is 0 Å². The van der Waals surface area contributed by atoms with Crippen molar-refractivity contribution in [1.82, 2.24) is 19.5 Å². The largest absolute Gasteiger partial charge is 0.444 e. The SMILES string of the molecule is Cc1ncc2nc(-c3ccccc3)n(-c3cccc(NC(=O)OC(C)(C)C)c3)c2n1. The van der Waals surface area contributed by atoms with Crippen LogP contribution in [0.4, 0.5) is 10.5 Å². The summed E-state index contributed by atoms with van der Waals surface area (Å²) in [7, 11) is 0. The third-order valence-corrected chi connectivity index (χ3v) is 4.30. The lowest BCUT2D eigenvalue weighted by molar-refractivity contribution is 0.0636. The van der Waals surface area contributed by atoms with Crippen LogP contribution in [0, 0.1) is 6.92 Å². The summed E-state index contributed by atoms with van der Waals surface area (Å²) in [5.74, 6) is 1.41. The minimum absolute atomic E-state index is 0.503. The highest BCUT2D eigenvalue weighted by Gasteiger charge is 2.18. The molecule has 2 aromatic heterocycles. The van der Waals surface area contributed by atoms with E-state index in [9.17, 15) is 4.79 Å². The van der Waals surface area contributed by atoms with Crippen LogP contribution in [-0.4, -0.2) is 31.2 Å². The average Bonchev–Trinajstić information content (AvgIpc) is 3.06. The molecule has 0 radical (unpaired) electrons. The van der Waals surface area contributed by atoms with Gasteiger partial charge in [-0.15, -0.1) is 0 Å². The number of fused-ring (bicyclic) bond motifs is 1. The molecule has 0 spiro atoms. The van der Waals surface area contributed by atoms with E-state index in [1.54, 1.807) is 6.20 Å². The lowest BCUT2D eigenvalue weighted by atomic mass is 10.2. The number of aromatic nitrogens is 4. The zero-order chi connectivity index (χ0) is 21.3. The maximum Gasteiger partial charge on any atom is 0.412 e. The molecule has 0 aliphatic carbocycles. The molecular weight excluding hydrogens is 378 g/mol. The Morgan fingerprint density at radius 1 is 1.03 bits per heavy atom. The van der Waals surface area contributed by atoms with Gasteiger partial charge in [0.1, 0.15) is 22.8 Å². The van der Waals surface area contributed by atoms with Gasteiger partial charge in [0.25, 0.3) is 0 Å². The predicted octanol–water partition coefficient (Wildman–Crippen LogP) is 5.14. The summed E-state index contributed by atoms with van der Waals surface area (Å²) in [5, 5.41) is 2.79. The Morgan fingerprint density at radius 2 is 1.80 bits per heavy atom. The summed E-state index contributed by atoms with van der Waals surface area (Å²) in [4.78, 5) is 25.9. The fourth-order valence-electron chi connectivity index (χ4n) is 3.13. The van der Waals surface area contributed by atoms with E-state index in [1.807, 2.05) is 86.9 Å². The molecule has 1 N–H and O–H groups in total. The number of aryl methyl sites for hydroxylation is 1. The molecule has 152 valence electrons. The third kappa shape index (κ3) is 4.15. The van der Waals surface area contributed by atoms with E-state index < -0.39 is 11.7 Å². The number of hydrogen-bond acceptors (Lipinski definition) is 5. The van der Waals surface area contributed by atoms with E-state index in [2.05, 4.69) is 15.3 Å². The summed E-state index contributed by atoms with van der Waals surface area (Å²) in [6.45, 7) is 7.33. The van der Waals surface area contributed by atoms with Gasteiger partial charge in [0.2, 0.25) is 0 Å². The van der Waals surface area contributed by atoms with Crippen molar-refractivity contribution in [1.29, 1.82) is 0 Å². The van der Waals surface area contributed by atoms with Gasteiger partial charge in [0.05, 0.1) is 11.9 Å². The maximum atomic E-state index is 12.2. The molecule has 7 nitrogen and oxygen atoms in total. The normalized spacial score (nSPS) is 11.5. The first-order chi connectivity index (χ1) is 14.3. The number of rotatable bonds is 3. The Balaban J connectivity index is 1.81. The standard InChI is InChI=1S/C23H23N5O2/c1-15-24-14-19-21(25-15)28(20(27-19)16-9-6-5-7-10-16)18-12-8-11-17(13-18)26-22(29)30-23(2,3)4/h5-14H,1-4H3,(H,26,29). The molecule has 4 rings (SSSR count). The van der Waals surface area contributed by atoms with Crippen molar-refractivity contribution in [2.75, 3.05) is 5.32 Å². The second-order valence-corrected chi connectivity index (χ2v) is 7.94. The smallest absolute Gasteiger partial charge is 0.412 e. The summed E-state index contributed by atoms with van der Waals surface area (Å²) >= 11 is 0. The third-order valence-electron chi connectivity index (χ3n) is 4.30. The minimum Gasteiger partial charge on any atom is -0.444 e. The first-order valence-corrected chi connectivity index (χ1v) is 9.68. The molecule has 0 saturated carbocycles. The van der Waals surface area contributed by atoms with E-state index in [4.69, 9.17) is 9.72 Å². The Morgan fingerprint density at radius 3 is 2.53 bits per heavy atom. The van der Waals surface area contributed by atoms with Gasteiger partial charge in [0, 0.05) is 11.3 Å². The van der Waals surface area contributed by atoms with E-state index in [1.165, 1.54) is 0 Å². The van der Waals surface area contributed by atoms with Gasteiger partial charge in [-0.3, -0.25) is 9.88 Å². The Kier molecular flexibility index (Phi) is 4.95. The highest BCUT2D eigenvalue weighted by molar-refractivity contribution is 5.86. The lowest BCUT2D eigenvalue weighted by Gasteiger charge is -2.20. The molecule has 4 aromatic rings. The van der Waals surface area contributed by atoms with Crippen LogP contribution in [0.25, 0.3) is 28.2 Å². The molecule has 0 saturated heterocycles. The van der Waals surface area contributed by atoms with Gasteiger partial charge in [-0.25, -0.2) is 19.7 Å². The number of benzene rings is 2. The van der Waals surface area contributed by atoms with Crippen LogP contribution in [0.3, 0.4) is 0 Å². The zero-order valence-corrected chi connectivity index (χ0v) is 17.4. The van der Waals surface area contributed by atoms with Crippen LogP contribution < -0.4 is 5.32 Å². The highest BCUT2D eigenvalue weighted by atomic mass is 16.6. The van der Waals surface area contributed by atoms with Crippen LogP contribution in [0.2, 0.25) is 0 Å². The Bertz CT molecular complexity index is 1210. The Hall–Kier alpha value is -3.74. The van der Waals surface area contributed by atoms with Crippen molar-refractivity contribution in [2.24, 2.45) is 0 Å². The van der Waals surface area contributed by atoms with Crippen LogP contribution in [-0.2, 0) is 4.74 Å². The highest BCUT2D eigenvalue weighted by Crippen LogP contribution is 2.28. The summed E-state index contributed by atoms with van der Waals surface area (Å²) in [6, 6.07) is 17.4. The monoisotopic (exact) mass is 401 g/mol. The molecule has 0 fully saturated rings. The fourth-order valence-corrected chi connectivity index (χ4v) is 3.13. The number of anilines is 1. The van der Waals surface area contributed by atoms with Crippen LogP contribution in [0.5, 0.6) is 0 Å². The van der Waals surface area contributed by atoms with Gasteiger partial charge >= 0.3 is 6.09 Å². The molecule has 0 atom stereocenters. The molecule has 0 bridgehead atoms. The topological polar surface area (TPSA) is 81.9 Å². The van der Waals surface area contributed by atoms with Crippen molar-refractivity contribution in [3.05, 3.63) is 66.6 Å². The van der Waals surface area contributed by atoms with Gasteiger partial charge in [-0.05, 0) is 45.9 Å². The van der Waals surface area contributed by atoms with E-state index in [-0.39, 0.29) is 0 Å². The van der Waals surface area contributed by atoms with E-state index in [0.29, 0.717) is 22.7 Å². The molecule has 7 heteroatoms. The number of ether oxygens (including phenoxy) is 1. The number of nitrogens with zero attached hydrogens (tertiary/aromatic N) is 4. The van der Waals surface area contributed by atoms with Gasteiger partial charge in [0.15, 0.2) is 5.65 Å². The van der Waals surface area contributed by atoms with Gasteiger partial charge in [-0.2, -0.15) is 0 Å². The molecule has 0 aliphatic rings. The molecule has 30 heavy (non-hydrogen) atoms. The zero-order valence-electron chi connectivity index (χ0n) is 17.4.